The van der Waals surface area contributed by atoms with E-state index in [1.807, 2.05) is 11.8 Å². The minimum atomic E-state index is -0.338. The molecule has 0 amide bonds. The van der Waals surface area contributed by atoms with Crippen molar-refractivity contribution in [3.8, 4) is 0 Å². The van der Waals surface area contributed by atoms with Crippen molar-refractivity contribution in [3.05, 3.63) is 17.8 Å². The second-order valence-corrected chi connectivity index (χ2v) is 4.51. The zero-order valence-electron chi connectivity index (χ0n) is 10.5. The number of anilines is 1. The van der Waals surface area contributed by atoms with Gasteiger partial charge in [0.2, 0.25) is 0 Å². The van der Waals surface area contributed by atoms with Crippen molar-refractivity contribution < 1.29 is 4.39 Å². The van der Waals surface area contributed by atoms with E-state index in [4.69, 9.17) is 11.1 Å². The van der Waals surface area contributed by atoms with Crippen LogP contribution in [-0.4, -0.2) is 28.4 Å². The quantitative estimate of drug-likeness (QED) is 0.593. The Labute approximate surface area is 106 Å². The summed E-state index contributed by atoms with van der Waals surface area (Å²) < 4.78 is 14.2. The van der Waals surface area contributed by atoms with Crippen LogP contribution in [0.4, 0.5) is 10.2 Å². The maximum Gasteiger partial charge on any atom is 0.187 e. The summed E-state index contributed by atoms with van der Waals surface area (Å²) in [7, 11) is 0. The van der Waals surface area contributed by atoms with E-state index in [1.165, 1.54) is 6.33 Å². The van der Waals surface area contributed by atoms with Crippen molar-refractivity contribution in [1.29, 1.82) is 5.41 Å². The number of nitrogens with zero attached hydrogens (tertiary/aromatic N) is 3. The van der Waals surface area contributed by atoms with Crippen LogP contribution in [0.2, 0.25) is 0 Å². The second kappa shape index (κ2) is 5.29. The Kier molecular flexibility index (Phi) is 3.74. The van der Waals surface area contributed by atoms with Crippen LogP contribution in [0.5, 0.6) is 0 Å². The maximum absolute atomic E-state index is 14.2. The third-order valence-electron chi connectivity index (χ3n) is 3.06. The minimum absolute atomic E-state index is 0.117. The number of aromatic nitrogens is 2. The lowest BCUT2D eigenvalue weighted by molar-refractivity contribution is 0.581. The van der Waals surface area contributed by atoms with Gasteiger partial charge in [-0.15, -0.1) is 0 Å². The van der Waals surface area contributed by atoms with Gasteiger partial charge < -0.3 is 10.6 Å². The highest BCUT2D eigenvalue weighted by Gasteiger charge is 2.32. The summed E-state index contributed by atoms with van der Waals surface area (Å²) in [5.41, 5.74) is 5.80. The van der Waals surface area contributed by atoms with Gasteiger partial charge >= 0.3 is 0 Å². The van der Waals surface area contributed by atoms with Gasteiger partial charge in [0, 0.05) is 19.0 Å². The topological polar surface area (TPSA) is 78.9 Å². The number of hydrogen-bond donors (Lipinski definition) is 2. The molecule has 1 aliphatic carbocycles. The largest absolute Gasteiger partial charge is 0.388 e. The van der Waals surface area contributed by atoms with Crippen LogP contribution in [0.3, 0.4) is 0 Å². The highest BCUT2D eigenvalue weighted by Crippen LogP contribution is 2.32. The molecule has 0 aromatic carbocycles. The smallest absolute Gasteiger partial charge is 0.187 e. The van der Waals surface area contributed by atoms with Crippen molar-refractivity contribution in [2.45, 2.75) is 38.6 Å². The van der Waals surface area contributed by atoms with E-state index in [0.717, 1.165) is 12.8 Å². The maximum atomic E-state index is 14.2. The summed E-state index contributed by atoms with van der Waals surface area (Å²) in [6, 6.07) is 0.332. The highest BCUT2D eigenvalue weighted by molar-refractivity contribution is 5.77. The van der Waals surface area contributed by atoms with Crippen LogP contribution in [0.1, 0.15) is 31.9 Å². The van der Waals surface area contributed by atoms with Crippen molar-refractivity contribution in [2.24, 2.45) is 5.73 Å². The van der Waals surface area contributed by atoms with Crippen LogP contribution in [0.25, 0.3) is 0 Å². The molecule has 98 valence electrons. The third kappa shape index (κ3) is 2.75. The lowest BCUT2D eigenvalue weighted by Gasteiger charge is -2.24. The number of nitrogens with one attached hydrogen (secondary N) is 1. The van der Waals surface area contributed by atoms with Gasteiger partial charge in [-0.25, -0.2) is 14.4 Å². The van der Waals surface area contributed by atoms with Crippen molar-refractivity contribution in [2.75, 3.05) is 11.4 Å². The van der Waals surface area contributed by atoms with E-state index in [2.05, 4.69) is 9.97 Å². The van der Waals surface area contributed by atoms with E-state index < -0.39 is 0 Å². The lowest BCUT2D eigenvalue weighted by atomic mass is 10.2. The second-order valence-electron chi connectivity index (χ2n) is 4.51. The summed E-state index contributed by atoms with van der Waals surface area (Å²) in [4.78, 5) is 9.90. The average Bonchev–Trinajstić information content (AvgIpc) is 3.15. The Hall–Kier alpha value is -1.72. The molecule has 3 N–H and O–H groups in total. The molecule has 5 nitrogen and oxygen atoms in total. The van der Waals surface area contributed by atoms with Crippen LogP contribution >= 0.6 is 0 Å². The molecular formula is C12H18FN5. The Morgan fingerprint density at radius 1 is 1.56 bits per heavy atom. The normalized spacial score (nSPS) is 14.6. The van der Waals surface area contributed by atoms with E-state index >= 15 is 0 Å². The van der Waals surface area contributed by atoms with E-state index in [1.54, 1.807) is 0 Å². The summed E-state index contributed by atoms with van der Waals surface area (Å²) in [6.45, 7) is 2.41. The zero-order valence-corrected chi connectivity index (χ0v) is 10.5. The fourth-order valence-electron chi connectivity index (χ4n) is 1.93. The van der Waals surface area contributed by atoms with Gasteiger partial charge in [-0.05, 0) is 19.3 Å². The zero-order chi connectivity index (χ0) is 13.1. The monoisotopic (exact) mass is 251 g/mol. The van der Waals surface area contributed by atoms with Gasteiger partial charge in [0.25, 0.3) is 0 Å². The lowest BCUT2D eigenvalue weighted by Crippen LogP contribution is -2.31. The van der Waals surface area contributed by atoms with E-state index in [9.17, 15) is 4.39 Å². The molecule has 0 saturated heterocycles. The highest BCUT2D eigenvalue weighted by atomic mass is 19.1. The van der Waals surface area contributed by atoms with Crippen LogP contribution in [-0.2, 0) is 6.42 Å². The molecule has 18 heavy (non-hydrogen) atoms. The van der Waals surface area contributed by atoms with Gasteiger partial charge in [-0.1, -0.05) is 6.92 Å². The van der Waals surface area contributed by atoms with Crippen LogP contribution in [0.15, 0.2) is 6.33 Å². The van der Waals surface area contributed by atoms with E-state index in [0.29, 0.717) is 36.9 Å². The fourth-order valence-corrected chi connectivity index (χ4v) is 1.93. The molecule has 0 spiro atoms. The molecule has 0 radical (unpaired) electrons. The fraction of sp³-hybridized carbons (Fsp3) is 0.583. The summed E-state index contributed by atoms with van der Waals surface area (Å²) >= 11 is 0. The number of rotatable bonds is 6. The molecule has 1 heterocycles. The van der Waals surface area contributed by atoms with Gasteiger partial charge in [0.1, 0.15) is 6.33 Å². The van der Waals surface area contributed by atoms with Crippen molar-refractivity contribution in [1.82, 2.24) is 9.97 Å². The molecule has 0 bridgehead atoms. The number of hydrogen-bond acceptors (Lipinski definition) is 4. The third-order valence-corrected chi connectivity index (χ3v) is 3.06. The van der Waals surface area contributed by atoms with Crippen LogP contribution in [0, 0.1) is 11.2 Å². The molecule has 1 saturated carbocycles. The summed E-state index contributed by atoms with van der Waals surface area (Å²) in [6.07, 6.45) is 4.47. The van der Waals surface area contributed by atoms with Gasteiger partial charge in [0.15, 0.2) is 11.6 Å². The van der Waals surface area contributed by atoms with Gasteiger partial charge in [-0.3, -0.25) is 5.41 Å². The van der Waals surface area contributed by atoms with Gasteiger partial charge in [-0.2, -0.15) is 0 Å². The Balaban J connectivity index is 2.22. The first-order valence-electron chi connectivity index (χ1n) is 6.22. The van der Waals surface area contributed by atoms with Crippen molar-refractivity contribution in [3.63, 3.8) is 0 Å². The molecule has 6 heteroatoms. The molecular weight excluding hydrogens is 233 g/mol. The first-order valence-corrected chi connectivity index (χ1v) is 6.22. The Bertz CT molecular complexity index is 444. The van der Waals surface area contributed by atoms with Gasteiger partial charge in [0.05, 0.1) is 11.5 Å². The predicted octanol–water partition coefficient (Wildman–Crippen LogP) is 1.47. The van der Waals surface area contributed by atoms with Crippen LogP contribution < -0.4 is 10.6 Å². The number of aryl methyl sites for hydroxylation is 1. The SMILES string of the molecule is CCc1ncnc(N(CCC(=N)N)C2CC2)c1F. The molecule has 1 aromatic heterocycles. The molecule has 0 aliphatic heterocycles. The molecule has 1 aromatic rings. The molecule has 1 aliphatic rings. The predicted molar refractivity (Wildman–Crippen MR) is 68.3 cm³/mol. The minimum Gasteiger partial charge on any atom is -0.388 e. The summed E-state index contributed by atoms with van der Waals surface area (Å²) in [5.74, 6) is 0.131. The molecule has 0 unspecified atom stereocenters. The Morgan fingerprint density at radius 3 is 2.83 bits per heavy atom. The summed E-state index contributed by atoms with van der Waals surface area (Å²) in [5, 5.41) is 7.27. The molecule has 0 atom stereocenters. The Morgan fingerprint density at radius 2 is 2.28 bits per heavy atom. The number of halogens is 1. The first-order chi connectivity index (χ1) is 8.63. The number of nitrogens with two attached hydrogens (primary N) is 1. The first kappa shape index (κ1) is 12.7. The van der Waals surface area contributed by atoms with Crippen molar-refractivity contribution >= 4 is 11.7 Å². The molecule has 1 fully saturated rings. The number of amidine groups is 1. The van der Waals surface area contributed by atoms with E-state index in [-0.39, 0.29) is 11.7 Å². The molecule has 2 rings (SSSR count). The standard InChI is InChI=1S/C12H18FN5/c1-2-9-11(13)12(17-7-16-9)18(8-3-4-8)6-5-10(14)15/h7-8H,2-6H2,1H3,(H3,14,15). The average molecular weight is 251 g/mol.